The van der Waals surface area contributed by atoms with Crippen LogP contribution in [0.1, 0.15) is 22.8 Å². The molecule has 0 saturated carbocycles. The maximum absolute atomic E-state index is 12.5. The Morgan fingerprint density at radius 3 is 2.16 bits per heavy atom. The van der Waals surface area contributed by atoms with E-state index in [1.54, 1.807) is 24.3 Å². The van der Waals surface area contributed by atoms with Gasteiger partial charge in [0.1, 0.15) is 6.04 Å². The fourth-order valence-electron chi connectivity index (χ4n) is 2.57. The van der Waals surface area contributed by atoms with Crippen molar-refractivity contribution in [3.8, 4) is 0 Å². The molecule has 1 N–H and O–H groups in total. The summed E-state index contributed by atoms with van der Waals surface area (Å²) in [6.07, 6.45) is -0.353. The molecular weight excluding hydrogens is 356 g/mol. The smallest absolute Gasteiger partial charge is 0.300 e. The minimum Gasteiger partial charge on any atom is -0.454 e. The molecule has 0 spiro atoms. The number of sulfonamides is 1. The van der Waals surface area contributed by atoms with Gasteiger partial charge in [-0.1, -0.05) is 47.5 Å². The number of aliphatic imine (C=N–C) groups is 1. The van der Waals surface area contributed by atoms with E-state index in [-0.39, 0.29) is 23.1 Å². The van der Waals surface area contributed by atoms with Crippen LogP contribution in [0, 0.1) is 13.8 Å². The molecule has 0 amide bonds. The molecule has 0 saturated heterocycles. The lowest BCUT2D eigenvalue weighted by molar-refractivity contribution is 0.198. The summed E-state index contributed by atoms with van der Waals surface area (Å²) >= 11 is 4.31. The first kappa shape index (κ1) is 17.8. The largest absolute Gasteiger partial charge is 0.454 e. The Hall–Kier alpha value is -1.99. The quantitative estimate of drug-likeness (QED) is 0.806. The number of thiol groups is 1. The van der Waals surface area contributed by atoms with Crippen molar-refractivity contribution in [2.45, 2.75) is 30.9 Å². The summed E-state index contributed by atoms with van der Waals surface area (Å²) in [4.78, 5) is 4.51. The van der Waals surface area contributed by atoms with Crippen LogP contribution in [-0.2, 0) is 14.8 Å². The predicted molar refractivity (Wildman–Crippen MR) is 102 cm³/mol. The molecule has 0 fully saturated rings. The van der Waals surface area contributed by atoms with Crippen LogP contribution in [0.15, 0.2) is 58.4 Å². The van der Waals surface area contributed by atoms with E-state index in [1.807, 2.05) is 38.1 Å². The van der Waals surface area contributed by atoms with E-state index in [0.717, 1.165) is 16.7 Å². The monoisotopic (exact) mass is 376 g/mol. The highest BCUT2D eigenvalue weighted by atomic mass is 32.2. The molecule has 2 atom stereocenters. The SMILES string of the molecule is Cc1ccc(C2OC(NS(=O)(=O)c3ccc(C)cc3)=NC2CS)cc1. The molecule has 0 aromatic heterocycles. The van der Waals surface area contributed by atoms with E-state index in [0.29, 0.717) is 5.75 Å². The van der Waals surface area contributed by atoms with Crippen LogP contribution in [0.3, 0.4) is 0 Å². The average molecular weight is 377 g/mol. The molecule has 3 rings (SSSR count). The molecule has 1 heterocycles. The maximum atomic E-state index is 12.5. The Morgan fingerprint density at radius 2 is 1.60 bits per heavy atom. The van der Waals surface area contributed by atoms with E-state index in [1.165, 1.54) is 0 Å². The zero-order valence-corrected chi connectivity index (χ0v) is 15.7. The van der Waals surface area contributed by atoms with Gasteiger partial charge in [-0.25, -0.2) is 18.1 Å². The molecule has 25 heavy (non-hydrogen) atoms. The zero-order valence-electron chi connectivity index (χ0n) is 14.0. The molecule has 5 nitrogen and oxygen atoms in total. The van der Waals surface area contributed by atoms with Gasteiger partial charge in [0, 0.05) is 5.75 Å². The third-order valence-electron chi connectivity index (χ3n) is 4.02. The summed E-state index contributed by atoms with van der Waals surface area (Å²) in [5.74, 6) is 0.453. The van der Waals surface area contributed by atoms with Crippen molar-refractivity contribution in [2.24, 2.45) is 4.99 Å². The molecular formula is C18H20N2O3S2. The van der Waals surface area contributed by atoms with Crippen molar-refractivity contribution < 1.29 is 13.2 Å². The summed E-state index contributed by atoms with van der Waals surface area (Å²) < 4.78 is 33.2. The number of amidine groups is 1. The van der Waals surface area contributed by atoms with Crippen molar-refractivity contribution in [1.29, 1.82) is 0 Å². The second-order valence-corrected chi connectivity index (χ2v) is 8.10. The van der Waals surface area contributed by atoms with Gasteiger partial charge < -0.3 is 4.74 Å². The highest BCUT2D eigenvalue weighted by Crippen LogP contribution is 2.30. The Labute approximate surface area is 153 Å². The summed E-state index contributed by atoms with van der Waals surface area (Å²) in [6.45, 7) is 3.91. The molecule has 132 valence electrons. The molecule has 0 bridgehead atoms. The van der Waals surface area contributed by atoms with Gasteiger partial charge in [-0.2, -0.15) is 12.6 Å². The maximum Gasteiger partial charge on any atom is 0.300 e. The van der Waals surface area contributed by atoms with Crippen molar-refractivity contribution in [3.05, 3.63) is 65.2 Å². The van der Waals surface area contributed by atoms with Gasteiger partial charge in [0.25, 0.3) is 16.0 Å². The molecule has 2 aromatic rings. The van der Waals surface area contributed by atoms with Gasteiger partial charge in [0.2, 0.25) is 0 Å². The average Bonchev–Trinajstić information content (AvgIpc) is 2.98. The topological polar surface area (TPSA) is 67.8 Å². The Morgan fingerprint density at radius 1 is 1.04 bits per heavy atom. The van der Waals surface area contributed by atoms with Gasteiger partial charge in [-0.3, -0.25) is 0 Å². The van der Waals surface area contributed by atoms with Crippen LogP contribution < -0.4 is 4.72 Å². The second kappa shape index (κ2) is 7.09. The first-order valence-corrected chi connectivity index (χ1v) is 10.0. The van der Waals surface area contributed by atoms with E-state index >= 15 is 0 Å². The van der Waals surface area contributed by atoms with E-state index in [2.05, 4.69) is 22.3 Å². The van der Waals surface area contributed by atoms with Gasteiger partial charge in [0.05, 0.1) is 4.90 Å². The molecule has 1 aliphatic heterocycles. The standard InChI is InChI=1S/C18H20N2O3S2/c1-12-3-7-14(8-4-12)17-16(11-24)19-18(23-17)20-25(21,22)15-9-5-13(2)6-10-15/h3-10,16-17,24H,11H2,1-2H3,(H,19,20). The minimum atomic E-state index is -3.74. The van der Waals surface area contributed by atoms with Crippen molar-refractivity contribution in [2.75, 3.05) is 5.75 Å². The normalized spacial score (nSPS) is 20.0. The van der Waals surface area contributed by atoms with Crippen LogP contribution in [0.2, 0.25) is 0 Å². The fraction of sp³-hybridized carbons (Fsp3) is 0.278. The summed E-state index contributed by atoms with van der Waals surface area (Å²) in [7, 11) is -3.74. The molecule has 0 aliphatic carbocycles. The number of benzene rings is 2. The van der Waals surface area contributed by atoms with Gasteiger partial charge >= 0.3 is 0 Å². The van der Waals surface area contributed by atoms with Crippen LogP contribution in [0.25, 0.3) is 0 Å². The van der Waals surface area contributed by atoms with Crippen molar-refractivity contribution in [3.63, 3.8) is 0 Å². The van der Waals surface area contributed by atoms with Crippen LogP contribution >= 0.6 is 12.6 Å². The molecule has 7 heteroatoms. The van der Waals surface area contributed by atoms with Crippen LogP contribution in [0.4, 0.5) is 0 Å². The molecule has 0 radical (unpaired) electrons. The van der Waals surface area contributed by atoms with E-state index < -0.39 is 10.0 Å². The number of aryl methyl sites for hydroxylation is 2. The lowest BCUT2D eigenvalue weighted by Crippen LogP contribution is -2.31. The Bertz CT molecular complexity index is 876. The zero-order chi connectivity index (χ0) is 18.0. The van der Waals surface area contributed by atoms with E-state index in [4.69, 9.17) is 4.74 Å². The Kier molecular flexibility index (Phi) is 5.06. The lowest BCUT2D eigenvalue weighted by Gasteiger charge is -2.17. The summed E-state index contributed by atoms with van der Waals surface area (Å²) in [6, 6.07) is 14.3. The second-order valence-electron chi connectivity index (χ2n) is 6.05. The van der Waals surface area contributed by atoms with Gasteiger partial charge in [-0.05, 0) is 31.5 Å². The molecule has 2 unspecified atom stereocenters. The van der Waals surface area contributed by atoms with Crippen LogP contribution in [0.5, 0.6) is 0 Å². The van der Waals surface area contributed by atoms with Crippen LogP contribution in [-0.4, -0.2) is 26.2 Å². The lowest BCUT2D eigenvalue weighted by atomic mass is 10.0. The summed E-state index contributed by atoms with van der Waals surface area (Å²) in [5.41, 5.74) is 3.08. The third kappa shape index (κ3) is 3.99. The number of rotatable bonds is 4. The van der Waals surface area contributed by atoms with Crippen molar-refractivity contribution in [1.82, 2.24) is 4.72 Å². The molecule has 1 aliphatic rings. The fourth-order valence-corrected chi connectivity index (χ4v) is 3.79. The highest BCUT2D eigenvalue weighted by molar-refractivity contribution is 7.90. The summed E-state index contributed by atoms with van der Waals surface area (Å²) in [5, 5.41) is 0. The Balaban J connectivity index is 1.79. The van der Waals surface area contributed by atoms with Gasteiger partial charge in [0.15, 0.2) is 6.10 Å². The number of nitrogens with zero attached hydrogens (tertiary/aromatic N) is 1. The first-order chi connectivity index (χ1) is 11.9. The first-order valence-electron chi connectivity index (χ1n) is 7.90. The van der Waals surface area contributed by atoms with Gasteiger partial charge in [-0.15, -0.1) is 0 Å². The van der Waals surface area contributed by atoms with Crippen molar-refractivity contribution >= 4 is 28.7 Å². The highest BCUT2D eigenvalue weighted by Gasteiger charge is 2.33. The van der Waals surface area contributed by atoms with E-state index in [9.17, 15) is 8.42 Å². The number of hydrogen-bond donors (Lipinski definition) is 2. The predicted octanol–water partition coefficient (Wildman–Crippen LogP) is 3.01. The minimum absolute atomic E-state index is 0.00481. The molecule has 2 aromatic carbocycles. The third-order valence-corrected chi connectivity index (χ3v) is 5.73. The number of ether oxygens (including phenoxy) is 1. The number of nitrogens with one attached hydrogen (secondary N) is 1. The number of hydrogen-bond acceptors (Lipinski definition) is 5.